The molecule has 0 radical (unpaired) electrons. The molecule has 3 atom stereocenters. The first-order valence-corrected chi connectivity index (χ1v) is 17.6. The zero-order chi connectivity index (χ0) is 36.5. The molecule has 13 nitrogen and oxygen atoms in total. The Kier molecular flexibility index (Phi) is 8.71. The van der Waals surface area contributed by atoms with Gasteiger partial charge in [-0.15, -0.1) is 11.3 Å². The van der Waals surface area contributed by atoms with E-state index in [0.717, 1.165) is 24.0 Å². The van der Waals surface area contributed by atoms with Crippen molar-refractivity contribution in [2.75, 3.05) is 49.8 Å². The summed E-state index contributed by atoms with van der Waals surface area (Å²) in [6.07, 6.45) is 1.55. The Hall–Kier alpha value is -4.72. The molecule has 0 saturated carbocycles. The zero-order valence-electron chi connectivity index (χ0n) is 29.5. The quantitative estimate of drug-likeness (QED) is 0.256. The number of nitrogens with zero attached hydrogens (tertiary/aromatic N) is 7. The van der Waals surface area contributed by atoms with E-state index in [1.54, 1.807) is 32.7 Å². The highest BCUT2D eigenvalue weighted by Gasteiger charge is 2.38. The average molecular weight is 720 g/mol. The van der Waals surface area contributed by atoms with Crippen LogP contribution in [-0.4, -0.2) is 94.7 Å². The zero-order valence-corrected chi connectivity index (χ0v) is 30.3. The fourth-order valence-corrected chi connectivity index (χ4v) is 8.41. The Morgan fingerprint density at radius 2 is 1.90 bits per heavy atom. The molecule has 268 valence electrons. The van der Waals surface area contributed by atoms with E-state index in [-0.39, 0.29) is 68.6 Å². The molecule has 1 aromatic carbocycles. The minimum Gasteiger partial charge on any atom is -0.444 e. The topological polar surface area (TPSA) is 149 Å². The lowest BCUT2D eigenvalue weighted by Crippen LogP contribution is -2.40. The number of hydrogen-bond donors (Lipinski definition) is 2. The van der Waals surface area contributed by atoms with Crippen molar-refractivity contribution in [3.63, 3.8) is 0 Å². The summed E-state index contributed by atoms with van der Waals surface area (Å²) in [4.78, 5) is 45.7. The van der Waals surface area contributed by atoms with Crippen LogP contribution in [0.2, 0.25) is 0 Å². The van der Waals surface area contributed by atoms with Gasteiger partial charge in [0.2, 0.25) is 11.9 Å². The second kappa shape index (κ2) is 12.8. The van der Waals surface area contributed by atoms with Crippen LogP contribution >= 0.6 is 11.3 Å². The van der Waals surface area contributed by atoms with E-state index in [0.29, 0.717) is 47.8 Å². The van der Waals surface area contributed by atoms with Gasteiger partial charge in [-0.1, -0.05) is 0 Å². The third kappa shape index (κ3) is 5.96. The fraction of sp³-hybridized carbons (Fsp3) is 0.486. The van der Waals surface area contributed by atoms with E-state index in [1.807, 2.05) is 19.0 Å². The Balaban J connectivity index is 1.46. The summed E-state index contributed by atoms with van der Waals surface area (Å²) < 4.78 is 44.2. The highest BCUT2D eigenvalue weighted by atomic mass is 32.1. The van der Waals surface area contributed by atoms with Crippen LogP contribution < -0.4 is 15.5 Å². The van der Waals surface area contributed by atoms with E-state index in [1.165, 1.54) is 0 Å². The molecule has 2 N–H and O–H groups in total. The molecular weight excluding hydrogens is 681 g/mol. The Labute approximate surface area is 297 Å². The number of ether oxygens (including phenoxy) is 2. The molecule has 0 spiro atoms. The predicted molar refractivity (Wildman–Crippen MR) is 190 cm³/mol. The van der Waals surface area contributed by atoms with Crippen LogP contribution in [0.5, 0.6) is 0 Å². The molecule has 0 unspecified atom stereocenters. The fourth-order valence-electron chi connectivity index (χ4n) is 7.37. The lowest BCUT2D eigenvalue weighted by molar-refractivity contribution is -0.127. The number of likely N-dealkylation sites (N-methyl/N-ethyl adjacent to an activating group) is 2. The van der Waals surface area contributed by atoms with Crippen molar-refractivity contribution in [1.82, 2.24) is 24.8 Å². The van der Waals surface area contributed by atoms with E-state index in [2.05, 4.69) is 33.5 Å². The van der Waals surface area contributed by atoms with Crippen LogP contribution in [0.1, 0.15) is 57.2 Å². The number of hydrogen-bond acceptors (Lipinski definition) is 12. The molecule has 4 aromatic rings. The molecule has 3 aromatic heterocycles. The number of aromatic nitrogens is 3. The number of halogens is 2. The lowest BCUT2D eigenvalue weighted by atomic mass is 9.93. The molecular formula is C35H39F2N9O4S. The Bertz CT molecular complexity index is 2140. The van der Waals surface area contributed by atoms with Crippen molar-refractivity contribution >= 4 is 61.1 Å². The maximum atomic E-state index is 17.5. The number of anilines is 3. The van der Waals surface area contributed by atoms with Crippen LogP contribution in [-0.2, 0) is 27.5 Å². The van der Waals surface area contributed by atoms with Crippen molar-refractivity contribution in [2.45, 2.75) is 77.5 Å². The average Bonchev–Trinajstić information content (AvgIpc) is 3.84. The van der Waals surface area contributed by atoms with Crippen molar-refractivity contribution in [2.24, 2.45) is 0 Å². The Morgan fingerprint density at radius 3 is 2.55 bits per heavy atom. The maximum Gasteiger partial charge on any atom is 0.412 e. The van der Waals surface area contributed by atoms with Crippen LogP contribution in [0.25, 0.3) is 32.2 Å². The third-order valence-electron chi connectivity index (χ3n) is 9.79. The van der Waals surface area contributed by atoms with Gasteiger partial charge in [-0.2, -0.15) is 10.2 Å². The number of fused-ring (bicyclic) bond motifs is 4. The number of thiophene rings is 1. The Morgan fingerprint density at radius 1 is 1.16 bits per heavy atom. The summed E-state index contributed by atoms with van der Waals surface area (Å²) in [6, 6.07) is 1.72. The molecule has 0 bridgehead atoms. The first-order chi connectivity index (χ1) is 24.2. The maximum absolute atomic E-state index is 17.5. The molecule has 6 heterocycles. The summed E-state index contributed by atoms with van der Waals surface area (Å²) in [7, 11) is 5.77. The summed E-state index contributed by atoms with van der Waals surface area (Å²) in [5.41, 5.74) is 0.179. The minimum atomic E-state index is -0.824. The van der Waals surface area contributed by atoms with E-state index in [4.69, 9.17) is 19.4 Å². The molecule has 7 rings (SSSR count). The van der Waals surface area contributed by atoms with Gasteiger partial charge in [0.25, 0.3) is 0 Å². The monoisotopic (exact) mass is 719 g/mol. The molecule has 2 saturated heterocycles. The van der Waals surface area contributed by atoms with Crippen molar-refractivity contribution in [3.8, 4) is 17.3 Å². The van der Waals surface area contributed by atoms with Gasteiger partial charge in [0.05, 0.1) is 40.8 Å². The number of carbonyl (C=O) groups is 2. The number of amides is 2. The van der Waals surface area contributed by atoms with E-state index < -0.39 is 29.4 Å². The van der Waals surface area contributed by atoms with Crippen LogP contribution in [0, 0.1) is 23.0 Å². The van der Waals surface area contributed by atoms with Gasteiger partial charge in [-0.25, -0.2) is 18.6 Å². The van der Waals surface area contributed by atoms with E-state index >= 15 is 8.78 Å². The number of nitriles is 1. The summed E-state index contributed by atoms with van der Waals surface area (Å²) in [5, 5.41) is 16.7. The van der Waals surface area contributed by atoms with Crippen LogP contribution in [0.3, 0.4) is 0 Å². The number of carbonyl (C=O) groups excluding carboxylic acids is 2. The highest BCUT2D eigenvalue weighted by molar-refractivity contribution is 7.23. The van der Waals surface area contributed by atoms with Gasteiger partial charge in [0.1, 0.15) is 34.0 Å². The second-order valence-electron chi connectivity index (χ2n) is 14.4. The van der Waals surface area contributed by atoms with Gasteiger partial charge in [0, 0.05) is 43.2 Å². The third-order valence-corrected chi connectivity index (χ3v) is 10.9. The molecule has 0 aliphatic carbocycles. The molecule has 3 aliphatic rings. The normalized spacial score (nSPS) is 20.5. The second-order valence-corrected chi connectivity index (χ2v) is 15.5. The van der Waals surface area contributed by atoms with Gasteiger partial charge in [-0.3, -0.25) is 15.1 Å². The summed E-state index contributed by atoms with van der Waals surface area (Å²) >= 11 is 0.838. The lowest BCUT2D eigenvalue weighted by Gasteiger charge is -2.29. The van der Waals surface area contributed by atoms with Crippen LogP contribution in [0.15, 0.2) is 6.20 Å². The first-order valence-electron chi connectivity index (χ1n) is 16.8. The number of rotatable bonds is 6. The van der Waals surface area contributed by atoms with Crippen LogP contribution in [0.4, 0.5) is 30.3 Å². The van der Waals surface area contributed by atoms with E-state index in [9.17, 15) is 14.9 Å². The highest BCUT2D eigenvalue weighted by Crippen LogP contribution is 2.47. The largest absolute Gasteiger partial charge is 0.444 e. The minimum absolute atomic E-state index is 0.00288. The predicted octanol–water partition coefficient (Wildman–Crippen LogP) is 5.60. The number of benzene rings is 1. The number of pyridine rings is 1. The SMILES string of the molecule is C[C@H]1[C@@H](N(C)C)CCN1c1nc(N[C@@H]2CCN(C)C2=O)c2c3c(c(-c4ncc(F)c5sc(NC(=O)OC(C)(C)C)c(C#N)c45)c(F)c2n1)COC3. The van der Waals surface area contributed by atoms with Gasteiger partial charge in [-0.05, 0) is 65.8 Å². The van der Waals surface area contributed by atoms with Gasteiger partial charge >= 0.3 is 6.09 Å². The molecule has 3 aliphatic heterocycles. The summed E-state index contributed by atoms with van der Waals surface area (Å²) in [6.45, 7) is 8.47. The molecule has 16 heteroatoms. The van der Waals surface area contributed by atoms with Crippen molar-refractivity contribution in [1.29, 1.82) is 5.26 Å². The smallest absolute Gasteiger partial charge is 0.412 e. The number of likely N-dealkylation sites (tertiary alicyclic amines) is 1. The molecule has 51 heavy (non-hydrogen) atoms. The number of nitrogens with one attached hydrogen (secondary N) is 2. The van der Waals surface area contributed by atoms with Crippen molar-refractivity contribution < 1.29 is 27.8 Å². The van der Waals surface area contributed by atoms with Gasteiger partial charge in [0.15, 0.2) is 11.6 Å². The molecule has 2 amide bonds. The standard InChI is InChI=1S/C35H39F2N9O4S/c1-16-22(44(5)6)9-11-46(16)33-41-28-25(30(42-33)40-21-8-10-45(7)32(21)47)19-15-49-14-18(19)23(26(28)37)27-24-17(12-38)31(43-34(48)50-35(2,3)4)51-29(24)20(36)13-39-27/h13,16,21-22H,8-11,14-15H2,1-7H3,(H,43,48)(H,40,41,42)/t16-,21+,22-/m0/s1. The van der Waals surface area contributed by atoms with Crippen molar-refractivity contribution in [3.05, 3.63) is 34.5 Å². The van der Waals surface area contributed by atoms with Gasteiger partial charge < -0.3 is 29.5 Å². The first kappa shape index (κ1) is 34.7. The molecule has 2 fully saturated rings. The summed E-state index contributed by atoms with van der Waals surface area (Å²) in [5.74, 6) is -0.943.